The zero-order valence-electron chi connectivity index (χ0n) is 9.89. The molecule has 5 nitrogen and oxygen atoms in total. The molecule has 1 saturated heterocycles. The Bertz CT molecular complexity index is 516. The smallest absolute Gasteiger partial charge is 0.248 e. The molecule has 102 valence electrons. The number of hydrogen-bond acceptors (Lipinski definition) is 5. The van der Waals surface area contributed by atoms with Crippen LogP contribution in [0.2, 0.25) is 5.15 Å². The molecule has 1 aromatic heterocycles. The van der Waals surface area contributed by atoms with Crippen molar-refractivity contribution in [3.63, 3.8) is 0 Å². The number of rotatable bonds is 3. The topological polar surface area (TPSA) is 72.0 Å². The van der Waals surface area contributed by atoms with Gasteiger partial charge in [0.15, 0.2) is 0 Å². The first-order valence-electron chi connectivity index (χ1n) is 5.44. The van der Waals surface area contributed by atoms with Crippen LogP contribution in [0.4, 0.5) is 0 Å². The van der Waals surface area contributed by atoms with Gasteiger partial charge in [-0.05, 0) is 26.3 Å². The second-order valence-electron chi connectivity index (χ2n) is 4.20. The van der Waals surface area contributed by atoms with Crippen molar-refractivity contribution in [2.45, 2.75) is 31.0 Å². The molecule has 0 amide bonds. The maximum atomic E-state index is 12.0. The van der Waals surface area contributed by atoms with Gasteiger partial charge in [-0.25, -0.2) is 18.4 Å². The van der Waals surface area contributed by atoms with E-state index in [9.17, 15) is 8.42 Å². The number of nitrogens with zero attached hydrogens (tertiary/aromatic N) is 2. The summed E-state index contributed by atoms with van der Waals surface area (Å²) in [7, 11) is -3.45. The first kappa shape index (κ1) is 15.6. The fraction of sp³-hybridized carbons (Fsp3) is 0.600. The van der Waals surface area contributed by atoms with E-state index in [1.54, 1.807) is 6.92 Å². The maximum Gasteiger partial charge on any atom is 0.248 e. The molecule has 0 aromatic carbocycles. The number of aryl methyl sites for hydroxylation is 1. The van der Waals surface area contributed by atoms with E-state index >= 15 is 0 Å². The van der Waals surface area contributed by atoms with Crippen LogP contribution in [0.3, 0.4) is 0 Å². The van der Waals surface area contributed by atoms with E-state index in [2.05, 4.69) is 15.3 Å². The lowest BCUT2D eigenvalue weighted by molar-refractivity contribution is 0.568. The average Bonchev–Trinajstić information content (AvgIpc) is 2.73. The Morgan fingerprint density at radius 2 is 2.28 bits per heavy atom. The van der Waals surface area contributed by atoms with Gasteiger partial charge in [-0.3, -0.25) is 0 Å². The molecule has 0 bridgehead atoms. The standard InChI is InChI=1S/C10H14ClN3O2S.ClH/c1-7-5-13-10(14-9(7)11)17(15,16)6-8-3-2-4-12-8;/h5,8,12H,2-4,6H2,1H3;1H. The fourth-order valence-corrected chi connectivity index (χ4v) is 3.38. The van der Waals surface area contributed by atoms with Gasteiger partial charge in [0.05, 0.1) is 5.75 Å². The summed E-state index contributed by atoms with van der Waals surface area (Å²) in [5.74, 6) is 0.0341. The van der Waals surface area contributed by atoms with Crippen LogP contribution in [-0.4, -0.2) is 36.7 Å². The van der Waals surface area contributed by atoms with E-state index in [4.69, 9.17) is 11.6 Å². The van der Waals surface area contributed by atoms with Gasteiger partial charge in [-0.2, -0.15) is 0 Å². The van der Waals surface area contributed by atoms with Gasteiger partial charge in [0.25, 0.3) is 0 Å². The lowest BCUT2D eigenvalue weighted by atomic mass is 10.3. The highest BCUT2D eigenvalue weighted by Gasteiger charge is 2.26. The molecule has 2 rings (SSSR count). The molecule has 1 aromatic rings. The predicted molar refractivity (Wildman–Crippen MR) is 72.1 cm³/mol. The normalized spacial score (nSPS) is 19.6. The molecule has 1 fully saturated rings. The van der Waals surface area contributed by atoms with E-state index in [0.717, 1.165) is 19.4 Å². The molecule has 0 aliphatic carbocycles. The van der Waals surface area contributed by atoms with E-state index < -0.39 is 9.84 Å². The van der Waals surface area contributed by atoms with Crippen molar-refractivity contribution in [1.82, 2.24) is 15.3 Å². The molecule has 1 aliphatic heterocycles. The molecular weight excluding hydrogens is 297 g/mol. The van der Waals surface area contributed by atoms with E-state index in [1.807, 2.05) is 0 Å². The molecular formula is C10H15Cl2N3O2S. The second-order valence-corrected chi connectivity index (χ2v) is 6.49. The molecule has 0 saturated carbocycles. The molecule has 1 N–H and O–H groups in total. The lowest BCUT2D eigenvalue weighted by Gasteiger charge is -2.10. The van der Waals surface area contributed by atoms with Crippen molar-refractivity contribution >= 4 is 33.8 Å². The van der Waals surface area contributed by atoms with Crippen molar-refractivity contribution in [2.75, 3.05) is 12.3 Å². The predicted octanol–water partition coefficient (Wildman–Crippen LogP) is 1.39. The third kappa shape index (κ3) is 3.54. The van der Waals surface area contributed by atoms with Crippen LogP contribution in [0.25, 0.3) is 0 Å². The number of aromatic nitrogens is 2. The molecule has 2 heterocycles. The van der Waals surface area contributed by atoms with Crippen LogP contribution in [0.1, 0.15) is 18.4 Å². The van der Waals surface area contributed by atoms with Crippen molar-refractivity contribution in [3.8, 4) is 0 Å². The molecule has 0 radical (unpaired) electrons. The highest BCUT2D eigenvalue weighted by atomic mass is 35.5. The number of nitrogens with one attached hydrogen (secondary N) is 1. The Labute approximate surface area is 118 Å². The summed E-state index contributed by atoms with van der Waals surface area (Å²) in [4.78, 5) is 7.67. The third-order valence-electron chi connectivity index (χ3n) is 2.75. The zero-order valence-corrected chi connectivity index (χ0v) is 12.3. The van der Waals surface area contributed by atoms with Gasteiger partial charge < -0.3 is 5.32 Å². The number of hydrogen-bond donors (Lipinski definition) is 1. The van der Waals surface area contributed by atoms with Gasteiger partial charge >= 0.3 is 0 Å². The van der Waals surface area contributed by atoms with Gasteiger partial charge in [0, 0.05) is 17.8 Å². The highest BCUT2D eigenvalue weighted by molar-refractivity contribution is 7.91. The lowest BCUT2D eigenvalue weighted by Crippen LogP contribution is -2.30. The van der Waals surface area contributed by atoms with E-state index in [1.165, 1.54) is 6.20 Å². The third-order valence-corrected chi connectivity index (χ3v) is 4.73. The minimum Gasteiger partial charge on any atom is -0.313 e. The van der Waals surface area contributed by atoms with Crippen LogP contribution >= 0.6 is 24.0 Å². The van der Waals surface area contributed by atoms with Gasteiger partial charge in [-0.15, -0.1) is 12.4 Å². The van der Waals surface area contributed by atoms with Gasteiger partial charge in [0.2, 0.25) is 15.0 Å². The SMILES string of the molecule is Cc1cnc(S(=O)(=O)CC2CCCN2)nc1Cl.Cl. The fourth-order valence-electron chi connectivity index (χ4n) is 1.79. The van der Waals surface area contributed by atoms with Crippen molar-refractivity contribution < 1.29 is 8.42 Å². The van der Waals surface area contributed by atoms with E-state index in [-0.39, 0.29) is 34.5 Å². The molecule has 18 heavy (non-hydrogen) atoms. The second kappa shape index (κ2) is 6.14. The minimum atomic E-state index is -3.45. The summed E-state index contributed by atoms with van der Waals surface area (Å²) in [5.41, 5.74) is 0.671. The quantitative estimate of drug-likeness (QED) is 0.674. The summed E-state index contributed by atoms with van der Waals surface area (Å²) in [6.45, 7) is 2.60. The Morgan fingerprint density at radius 3 is 2.83 bits per heavy atom. The van der Waals surface area contributed by atoms with Crippen LogP contribution in [-0.2, 0) is 9.84 Å². The minimum absolute atomic E-state index is 0. The number of sulfone groups is 1. The Kier molecular flexibility index (Phi) is 5.33. The zero-order chi connectivity index (χ0) is 12.5. The highest BCUT2D eigenvalue weighted by Crippen LogP contribution is 2.16. The molecule has 1 aliphatic rings. The summed E-state index contributed by atoms with van der Waals surface area (Å²) in [5, 5.41) is 3.15. The van der Waals surface area contributed by atoms with Crippen molar-refractivity contribution in [2.24, 2.45) is 0 Å². The van der Waals surface area contributed by atoms with Crippen LogP contribution in [0.15, 0.2) is 11.4 Å². The molecule has 1 atom stereocenters. The molecule has 0 spiro atoms. The Morgan fingerprint density at radius 1 is 1.56 bits per heavy atom. The summed E-state index contributed by atoms with van der Waals surface area (Å²) < 4.78 is 24.1. The van der Waals surface area contributed by atoms with Crippen molar-refractivity contribution in [3.05, 3.63) is 16.9 Å². The molecule has 8 heteroatoms. The maximum absolute atomic E-state index is 12.0. The summed E-state index contributed by atoms with van der Waals surface area (Å²) in [6.07, 6.45) is 3.32. The summed E-state index contributed by atoms with van der Waals surface area (Å²) in [6, 6.07) is 0.00341. The van der Waals surface area contributed by atoms with Crippen LogP contribution in [0.5, 0.6) is 0 Å². The first-order valence-corrected chi connectivity index (χ1v) is 7.47. The van der Waals surface area contributed by atoms with Crippen LogP contribution in [0, 0.1) is 6.92 Å². The largest absolute Gasteiger partial charge is 0.313 e. The van der Waals surface area contributed by atoms with Gasteiger partial charge in [-0.1, -0.05) is 11.6 Å². The van der Waals surface area contributed by atoms with Gasteiger partial charge in [0.1, 0.15) is 5.15 Å². The Balaban J connectivity index is 0.00000162. The van der Waals surface area contributed by atoms with E-state index in [0.29, 0.717) is 5.56 Å². The summed E-state index contributed by atoms with van der Waals surface area (Å²) >= 11 is 5.81. The Hall–Kier alpha value is -0.430. The monoisotopic (exact) mass is 311 g/mol. The van der Waals surface area contributed by atoms with Crippen LogP contribution < -0.4 is 5.32 Å². The van der Waals surface area contributed by atoms with Crippen molar-refractivity contribution in [1.29, 1.82) is 0 Å². The first-order chi connectivity index (χ1) is 7.99. The average molecular weight is 312 g/mol. The molecule has 1 unspecified atom stereocenters. The number of halogens is 2.